The number of nitrogens with zero attached hydrogens (tertiary/aromatic N) is 1. The number of hydrogen-bond acceptors (Lipinski definition) is 2. The first-order chi connectivity index (χ1) is 6.84. The fourth-order valence-corrected chi connectivity index (χ4v) is 1.71. The molecule has 0 saturated heterocycles. The highest BCUT2D eigenvalue weighted by Crippen LogP contribution is 2.26. The number of fused-ring (bicyclic) bond motifs is 3. The highest BCUT2D eigenvalue weighted by molar-refractivity contribution is 6.02. The van der Waals surface area contributed by atoms with Crippen LogP contribution in [0.5, 0.6) is 0 Å². The topological polar surface area (TPSA) is 26.0 Å². The molecular formula is C12H9NO. The lowest BCUT2D eigenvalue weighted by molar-refractivity contribution is 0.668. The van der Waals surface area contributed by atoms with Gasteiger partial charge in [-0.25, -0.2) is 0 Å². The second-order valence-electron chi connectivity index (χ2n) is 3.45. The molecule has 0 aliphatic rings. The van der Waals surface area contributed by atoms with Gasteiger partial charge >= 0.3 is 0 Å². The summed E-state index contributed by atoms with van der Waals surface area (Å²) in [5, 5.41) is 1.10. The molecule has 2 aromatic heterocycles. The molecule has 0 spiro atoms. The predicted molar refractivity (Wildman–Crippen MR) is 56.3 cm³/mol. The second kappa shape index (κ2) is 2.58. The van der Waals surface area contributed by atoms with Crippen LogP contribution in [0.15, 0.2) is 40.9 Å². The molecule has 0 radical (unpaired) electrons. The molecule has 14 heavy (non-hydrogen) atoms. The molecular weight excluding hydrogens is 174 g/mol. The van der Waals surface area contributed by atoms with E-state index in [1.807, 2.05) is 24.3 Å². The van der Waals surface area contributed by atoms with E-state index in [0.717, 1.165) is 22.1 Å². The lowest BCUT2D eigenvalue weighted by atomic mass is 10.2. The minimum atomic E-state index is 0.855. The predicted octanol–water partition coefficient (Wildman–Crippen LogP) is 3.29. The van der Waals surface area contributed by atoms with E-state index in [2.05, 4.69) is 18.0 Å². The van der Waals surface area contributed by atoms with Gasteiger partial charge in [0.1, 0.15) is 11.1 Å². The Balaban J connectivity index is 2.58. The maximum Gasteiger partial charge on any atom is 0.153 e. The third-order valence-corrected chi connectivity index (χ3v) is 2.38. The van der Waals surface area contributed by atoms with Gasteiger partial charge in [-0.3, -0.25) is 4.98 Å². The van der Waals surface area contributed by atoms with Gasteiger partial charge in [0.05, 0.1) is 0 Å². The van der Waals surface area contributed by atoms with E-state index in [4.69, 9.17) is 4.42 Å². The van der Waals surface area contributed by atoms with Crippen LogP contribution >= 0.6 is 0 Å². The number of rotatable bonds is 0. The summed E-state index contributed by atoms with van der Waals surface area (Å²) in [6.45, 7) is 2.07. The van der Waals surface area contributed by atoms with Gasteiger partial charge in [0.2, 0.25) is 0 Å². The molecule has 3 rings (SSSR count). The fourth-order valence-electron chi connectivity index (χ4n) is 1.71. The van der Waals surface area contributed by atoms with Crippen LogP contribution in [-0.2, 0) is 0 Å². The zero-order valence-electron chi connectivity index (χ0n) is 7.82. The van der Waals surface area contributed by atoms with Crippen molar-refractivity contribution >= 4 is 22.1 Å². The molecule has 0 fully saturated rings. The first-order valence-corrected chi connectivity index (χ1v) is 4.58. The Bertz CT molecular complexity index is 610. The third-order valence-electron chi connectivity index (χ3n) is 2.38. The molecule has 68 valence electrons. The van der Waals surface area contributed by atoms with Gasteiger partial charge < -0.3 is 4.42 Å². The van der Waals surface area contributed by atoms with Crippen molar-refractivity contribution in [3.8, 4) is 0 Å². The third kappa shape index (κ3) is 0.940. The molecule has 0 unspecified atom stereocenters. The molecule has 0 bridgehead atoms. The van der Waals surface area contributed by atoms with Gasteiger partial charge in [-0.2, -0.15) is 0 Å². The molecule has 0 aliphatic carbocycles. The molecule has 2 nitrogen and oxygen atoms in total. The Morgan fingerprint density at radius 1 is 1.14 bits per heavy atom. The maximum atomic E-state index is 5.64. The van der Waals surface area contributed by atoms with E-state index < -0.39 is 0 Å². The van der Waals surface area contributed by atoms with Crippen LogP contribution < -0.4 is 0 Å². The highest BCUT2D eigenvalue weighted by atomic mass is 16.3. The summed E-state index contributed by atoms with van der Waals surface area (Å²) in [4.78, 5) is 4.32. The molecule has 1 aromatic carbocycles. The van der Waals surface area contributed by atoms with Crippen LogP contribution in [0.2, 0.25) is 0 Å². The van der Waals surface area contributed by atoms with Crippen molar-refractivity contribution in [3.63, 3.8) is 0 Å². The summed E-state index contributed by atoms with van der Waals surface area (Å²) in [5.74, 6) is 0. The lowest BCUT2D eigenvalue weighted by Gasteiger charge is -1.90. The van der Waals surface area contributed by atoms with Crippen molar-refractivity contribution in [2.45, 2.75) is 6.92 Å². The van der Waals surface area contributed by atoms with Crippen molar-refractivity contribution in [1.29, 1.82) is 0 Å². The molecule has 3 aromatic rings. The molecule has 0 amide bonds. The monoisotopic (exact) mass is 183 g/mol. The highest BCUT2D eigenvalue weighted by Gasteiger charge is 2.06. The second-order valence-corrected chi connectivity index (χ2v) is 3.45. The molecule has 0 saturated carbocycles. The van der Waals surface area contributed by atoms with E-state index in [9.17, 15) is 0 Å². The minimum absolute atomic E-state index is 0.855. The zero-order valence-corrected chi connectivity index (χ0v) is 7.82. The largest absolute Gasteiger partial charge is 0.454 e. The Morgan fingerprint density at radius 3 is 3.00 bits per heavy atom. The van der Waals surface area contributed by atoms with E-state index in [1.54, 1.807) is 6.20 Å². The van der Waals surface area contributed by atoms with Crippen molar-refractivity contribution < 1.29 is 4.42 Å². The quantitative estimate of drug-likeness (QED) is 0.534. The van der Waals surface area contributed by atoms with Crippen molar-refractivity contribution in [2.75, 3.05) is 0 Å². The maximum absolute atomic E-state index is 5.64. The number of aryl methyl sites for hydroxylation is 1. The summed E-state index contributed by atoms with van der Waals surface area (Å²) in [6.07, 6.45) is 1.79. The van der Waals surface area contributed by atoms with Crippen LogP contribution in [0.1, 0.15) is 5.56 Å². The van der Waals surface area contributed by atoms with E-state index in [1.165, 1.54) is 5.56 Å². The molecule has 0 atom stereocenters. The van der Waals surface area contributed by atoms with Crippen LogP contribution in [-0.4, -0.2) is 4.98 Å². The van der Waals surface area contributed by atoms with Crippen LogP contribution in [0, 0.1) is 6.92 Å². The lowest BCUT2D eigenvalue weighted by Crippen LogP contribution is -1.73. The van der Waals surface area contributed by atoms with E-state index >= 15 is 0 Å². The van der Waals surface area contributed by atoms with Gasteiger partial charge in [-0.1, -0.05) is 11.6 Å². The summed E-state index contributed by atoms with van der Waals surface area (Å²) >= 11 is 0. The number of aromatic nitrogens is 1. The van der Waals surface area contributed by atoms with Crippen LogP contribution in [0.4, 0.5) is 0 Å². The zero-order chi connectivity index (χ0) is 9.54. The van der Waals surface area contributed by atoms with Gasteiger partial charge in [0.15, 0.2) is 5.58 Å². The summed E-state index contributed by atoms with van der Waals surface area (Å²) < 4.78 is 5.64. The Kier molecular flexibility index (Phi) is 1.39. The van der Waals surface area contributed by atoms with Crippen molar-refractivity contribution in [1.82, 2.24) is 4.98 Å². The molecule has 2 heteroatoms. The van der Waals surface area contributed by atoms with Gasteiger partial charge in [0, 0.05) is 11.6 Å². The number of furan rings is 1. The van der Waals surface area contributed by atoms with Crippen LogP contribution in [0.3, 0.4) is 0 Å². The summed E-state index contributed by atoms with van der Waals surface area (Å²) in [6, 6.07) is 9.97. The number of pyridine rings is 1. The Hall–Kier alpha value is -1.83. The average Bonchev–Trinajstić information content (AvgIpc) is 2.56. The van der Waals surface area contributed by atoms with Gasteiger partial charge in [-0.15, -0.1) is 0 Å². The Labute approximate surface area is 81.2 Å². The van der Waals surface area contributed by atoms with Gasteiger partial charge in [-0.05, 0) is 31.2 Å². The van der Waals surface area contributed by atoms with Crippen LogP contribution in [0.25, 0.3) is 22.1 Å². The van der Waals surface area contributed by atoms with Gasteiger partial charge in [0.25, 0.3) is 0 Å². The Morgan fingerprint density at radius 2 is 2.07 bits per heavy atom. The average molecular weight is 183 g/mol. The fraction of sp³-hybridized carbons (Fsp3) is 0.0833. The minimum Gasteiger partial charge on any atom is -0.454 e. The normalized spacial score (nSPS) is 11.2. The summed E-state index contributed by atoms with van der Waals surface area (Å²) in [7, 11) is 0. The first kappa shape index (κ1) is 7.56. The molecule has 0 N–H and O–H groups in total. The van der Waals surface area contributed by atoms with E-state index in [-0.39, 0.29) is 0 Å². The number of benzene rings is 1. The molecule has 2 heterocycles. The van der Waals surface area contributed by atoms with Crippen molar-refractivity contribution in [3.05, 3.63) is 42.1 Å². The summed E-state index contributed by atoms with van der Waals surface area (Å²) in [5.41, 5.74) is 3.94. The smallest absolute Gasteiger partial charge is 0.153 e. The number of hydrogen-bond donors (Lipinski definition) is 0. The first-order valence-electron chi connectivity index (χ1n) is 4.58. The van der Waals surface area contributed by atoms with Crippen molar-refractivity contribution in [2.24, 2.45) is 0 Å². The molecule has 0 aliphatic heterocycles. The standard InChI is InChI=1S/C12H9NO/c1-8-4-5-10-9(7-8)12-11(14-10)3-2-6-13-12/h2-7H,1H3. The van der Waals surface area contributed by atoms with E-state index in [0.29, 0.717) is 0 Å². The SMILES string of the molecule is Cc1ccc2oc3cccnc3c2c1.